The van der Waals surface area contributed by atoms with Gasteiger partial charge in [-0.3, -0.25) is 0 Å². The summed E-state index contributed by atoms with van der Waals surface area (Å²) in [6.45, 7) is 6.56. The Morgan fingerprint density at radius 2 is 1.53 bits per heavy atom. The molecule has 0 N–H and O–H groups in total. The molecule has 2 rings (SSSR count). The van der Waals surface area contributed by atoms with Crippen molar-refractivity contribution >= 4 is 15.9 Å². The predicted octanol–water partition coefficient (Wildman–Crippen LogP) is 5.23. The number of rotatable bonds is 3. The first-order valence-corrected chi connectivity index (χ1v) is 7.23. The molecule has 0 spiro atoms. The summed E-state index contributed by atoms with van der Waals surface area (Å²) in [7, 11) is 1.71. The van der Waals surface area contributed by atoms with Crippen molar-refractivity contribution in [3.8, 4) is 5.75 Å². The smallest absolute Gasteiger partial charge is 0.119 e. The Morgan fingerprint density at radius 1 is 1.00 bits per heavy atom. The third kappa shape index (κ3) is 3.01. The molecule has 1 nitrogen and oxygen atoms in total. The Labute approximate surface area is 123 Å². The van der Waals surface area contributed by atoms with Crippen LogP contribution >= 0.6 is 15.9 Å². The first-order chi connectivity index (χ1) is 9.02. The molecule has 0 aliphatic heterocycles. The van der Waals surface area contributed by atoms with Gasteiger partial charge >= 0.3 is 0 Å². The molecule has 0 bridgehead atoms. The third-order valence-electron chi connectivity index (χ3n) is 3.61. The molecule has 2 heteroatoms. The maximum atomic E-state index is 5.33. The van der Waals surface area contributed by atoms with E-state index >= 15 is 0 Å². The SMILES string of the molecule is COc1cc(C)c(C(C)c2ccc(Br)cc2)c(C)c1. The molecular weight excluding hydrogens is 300 g/mol. The number of methoxy groups -OCH3 is 1. The Morgan fingerprint density at radius 3 is 2.00 bits per heavy atom. The zero-order valence-corrected chi connectivity index (χ0v) is 13.4. The van der Waals surface area contributed by atoms with Crippen molar-refractivity contribution in [3.05, 3.63) is 63.1 Å². The highest BCUT2D eigenvalue weighted by Gasteiger charge is 2.14. The van der Waals surface area contributed by atoms with Gasteiger partial charge in [0, 0.05) is 10.4 Å². The van der Waals surface area contributed by atoms with Gasteiger partial charge in [-0.15, -0.1) is 0 Å². The van der Waals surface area contributed by atoms with Crippen molar-refractivity contribution in [2.75, 3.05) is 7.11 Å². The van der Waals surface area contributed by atoms with Gasteiger partial charge in [-0.2, -0.15) is 0 Å². The van der Waals surface area contributed by atoms with Gasteiger partial charge in [-0.25, -0.2) is 0 Å². The maximum absolute atomic E-state index is 5.33. The van der Waals surface area contributed by atoms with Crippen LogP contribution in [0.15, 0.2) is 40.9 Å². The third-order valence-corrected chi connectivity index (χ3v) is 4.13. The summed E-state index contributed by atoms with van der Waals surface area (Å²) < 4.78 is 6.44. The minimum absolute atomic E-state index is 0.388. The fraction of sp³-hybridized carbons (Fsp3) is 0.294. The van der Waals surface area contributed by atoms with Gasteiger partial charge in [0.25, 0.3) is 0 Å². The van der Waals surface area contributed by atoms with Crippen LogP contribution in [0.5, 0.6) is 5.75 Å². The summed E-state index contributed by atoms with van der Waals surface area (Å²) in [5.74, 6) is 1.32. The van der Waals surface area contributed by atoms with E-state index in [-0.39, 0.29) is 0 Å². The van der Waals surface area contributed by atoms with Crippen molar-refractivity contribution in [1.29, 1.82) is 0 Å². The Hall–Kier alpha value is -1.28. The standard InChI is InChI=1S/C17H19BrO/c1-11-9-16(19-4)10-12(2)17(11)13(3)14-5-7-15(18)8-6-14/h5-10,13H,1-4H3. The van der Waals surface area contributed by atoms with Gasteiger partial charge in [0.15, 0.2) is 0 Å². The largest absolute Gasteiger partial charge is 0.497 e. The number of halogens is 1. The fourth-order valence-electron chi connectivity index (χ4n) is 2.65. The number of hydrogen-bond acceptors (Lipinski definition) is 1. The van der Waals surface area contributed by atoms with Crippen LogP contribution in [0.1, 0.15) is 35.1 Å². The van der Waals surface area contributed by atoms with Crippen LogP contribution in [0.25, 0.3) is 0 Å². The van der Waals surface area contributed by atoms with E-state index in [2.05, 4.69) is 73.1 Å². The maximum Gasteiger partial charge on any atom is 0.119 e. The molecule has 0 heterocycles. The molecule has 100 valence electrons. The monoisotopic (exact) mass is 318 g/mol. The minimum atomic E-state index is 0.388. The minimum Gasteiger partial charge on any atom is -0.497 e. The Balaban J connectivity index is 2.44. The first kappa shape index (κ1) is 14.1. The molecular formula is C17H19BrO. The molecule has 0 amide bonds. The molecule has 0 aliphatic carbocycles. The highest BCUT2D eigenvalue weighted by Crippen LogP contribution is 2.32. The van der Waals surface area contributed by atoms with Crippen molar-refractivity contribution < 1.29 is 4.74 Å². The Bertz CT molecular complexity index is 549. The summed E-state index contributed by atoms with van der Waals surface area (Å²) in [6, 6.07) is 12.8. The van der Waals surface area contributed by atoms with E-state index in [1.165, 1.54) is 22.3 Å². The molecule has 0 saturated carbocycles. The van der Waals surface area contributed by atoms with E-state index in [1.54, 1.807) is 7.11 Å². The molecule has 2 aromatic carbocycles. The second-order valence-corrected chi connectivity index (χ2v) is 5.86. The zero-order chi connectivity index (χ0) is 14.0. The molecule has 0 aromatic heterocycles. The molecule has 0 saturated heterocycles. The highest BCUT2D eigenvalue weighted by molar-refractivity contribution is 9.10. The van der Waals surface area contributed by atoms with Crippen molar-refractivity contribution in [2.24, 2.45) is 0 Å². The van der Waals surface area contributed by atoms with E-state index in [0.717, 1.165) is 10.2 Å². The predicted molar refractivity (Wildman–Crippen MR) is 84.1 cm³/mol. The van der Waals surface area contributed by atoms with Crippen molar-refractivity contribution in [2.45, 2.75) is 26.7 Å². The van der Waals surface area contributed by atoms with Gasteiger partial charge < -0.3 is 4.74 Å². The molecule has 0 fully saturated rings. The summed E-state index contributed by atoms with van der Waals surface area (Å²) >= 11 is 3.48. The van der Waals surface area contributed by atoms with Gasteiger partial charge in [-0.1, -0.05) is 35.0 Å². The quantitative estimate of drug-likeness (QED) is 0.753. The van der Waals surface area contributed by atoms with Gasteiger partial charge in [0.05, 0.1) is 7.11 Å². The summed E-state index contributed by atoms with van der Waals surface area (Å²) in [5, 5.41) is 0. The average Bonchev–Trinajstić information content (AvgIpc) is 2.38. The van der Waals surface area contributed by atoms with E-state index < -0.39 is 0 Å². The number of ether oxygens (including phenoxy) is 1. The lowest BCUT2D eigenvalue weighted by Crippen LogP contribution is -2.02. The lowest BCUT2D eigenvalue weighted by atomic mass is 9.87. The van der Waals surface area contributed by atoms with Gasteiger partial charge in [0.1, 0.15) is 5.75 Å². The van der Waals surface area contributed by atoms with Crippen LogP contribution in [0.4, 0.5) is 0 Å². The van der Waals surface area contributed by atoms with E-state index in [0.29, 0.717) is 5.92 Å². The van der Waals surface area contributed by atoms with Crippen molar-refractivity contribution in [1.82, 2.24) is 0 Å². The van der Waals surface area contributed by atoms with E-state index in [4.69, 9.17) is 4.74 Å². The topological polar surface area (TPSA) is 9.23 Å². The van der Waals surface area contributed by atoms with E-state index in [9.17, 15) is 0 Å². The van der Waals surface area contributed by atoms with E-state index in [1.807, 2.05) is 0 Å². The average molecular weight is 319 g/mol. The summed E-state index contributed by atoms with van der Waals surface area (Å²) in [5.41, 5.74) is 5.29. The molecule has 1 unspecified atom stereocenters. The molecule has 0 aliphatic rings. The lowest BCUT2D eigenvalue weighted by molar-refractivity contribution is 0.414. The first-order valence-electron chi connectivity index (χ1n) is 6.43. The van der Waals surface area contributed by atoms with Crippen LogP contribution in [-0.2, 0) is 0 Å². The van der Waals surface area contributed by atoms with Crippen LogP contribution in [0.2, 0.25) is 0 Å². The molecule has 2 aromatic rings. The fourth-order valence-corrected chi connectivity index (χ4v) is 2.92. The molecule has 0 radical (unpaired) electrons. The normalized spacial score (nSPS) is 12.3. The number of aryl methyl sites for hydroxylation is 2. The zero-order valence-electron chi connectivity index (χ0n) is 11.8. The molecule has 19 heavy (non-hydrogen) atoms. The van der Waals surface area contributed by atoms with Crippen LogP contribution in [0.3, 0.4) is 0 Å². The van der Waals surface area contributed by atoms with Crippen LogP contribution in [0, 0.1) is 13.8 Å². The lowest BCUT2D eigenvalue weighted by Gasteiger charge is -2.19. The summed E-state index contributed by atoms with van der Waals surface area (Å²) in [4.78, 5) is 0. The van der Waals surface area contributed by atoms with Crippen molar-refractivity contribution in [3.63, 3.8) is 0 Å². The Kier molecular flexibility index (Phi) is 4.31. The van der Waals surface area contributed by atoms with Crippen LogP contribution < -0.4 is 4.74 Å². The van der Waals surface area contributed by atoms with Gasteiger partial charge in [-0.05, 0) is 60.4 Å². The van der Waals surface area contributed by atoms with Crippen LogP contribution in [-0.4, -0.2) is 7.11 Å². The number of hydrogen-bond donors (Lipinski definition) is 0. The second-order valence-electron chi connectivity index (χ2n) is 4.95. The summed E-state index contributed by atoms with van der Waals surface area (Å²) in [6.07, 6.45) is 0. The highest BCUT2D eigenvalue weighted by atomic mass is 79.9. The van der Waals surface area contributed by atoms with Gasteiger partial charge in [0.2, 0.25) is 0 Å². The molecule has 1 atom stereocenters. The number of benzene rings is 2. The second kappa shape index (κ2) is 5.79.